The topological polar surface area (TPSA) is 97.6 Å². The van der Waals surface area contributed by atoms with E-state index in [1.807, 2.05) is 19.9 Å². The van der Waals surface area contributed by atoms with Crippen molar-refractivity contribution in [2.75, 3.05) is 19.8 Å². The number of benzene rings is 1. The Kier molecular flexibility index (Phi) is 9.20. The normalized spacial score (nSPS) is 15.2. The zero-order valence-corrected chi connectivity index (χ0v) is 17.7. The third kappa shape index (κ3) is 7.11. The molecule has 0 radical (unpaired) electrons. The van der Waals surface area contributed by atoms with Crippen molar-refractivity contribution in [1.29, 1.82) is 5.26 Å². The van der Waals surface area contributed by atoms with Gasteiger partial charge in [0.2, 0.25) is 0 Å². The molecular formula is C23H30N2O5. The quantitative estimate of drug-likeness (QED) is 0.462. The molecular weight excluding hydrogens is 384 g/mol. The van der Waals surface area contributed by atoms with Gasteiger partial charge in [0.15, 0.2) is 18.1 Å². The predicted octanol–water partition coefficient (Wildman–Crippen LogP) is 3.77. The van der Waals surface area contributed by atoms with Crippen LogP contribution >= 0.6 is 0 Å². The van der Waals surface area contributed by atoms with Crippen LogP contribution in [0.25, 0.3) is 6.08 Å². The Morgan fingerprint density at radius 3 is 2.60 bits per heavy atom. The maximum absolute atomic E-state index is 12.1. The van der Waals surface area contributed by atoms with E-state index in [0.717, 1.165) is 31.2 Å². The van der Waals surface area contributed by atoms with Crippen LogP contribution in [0, 0.1) is 11.3 Å². The van der Waals surface area contributed by atoms with Crippen LogP contribution in [0.2, 0.25) is 0 Å². The molecule has 0 saturated heterocycles. The molecule has 0 aromatic heterocycles. The average molecular weight is 415 g/mol. The lowest BCUT2D eigenvalue weighted by Gasteiger charge is -2.31. The first-order valence-electron chi connectivity index (χ1n) is 10.5. The van der Waals surface area contributed by atoms with Gasteiger partial charge in [-0.05, 0) is 50.0 Å². The van der Waals surface area contributed by atoms with Crippen molar-refractivity contribution >= 4 is 18.0 Å². The summed E-state index contributed by atoms with van der Waals surface area (Å²) in [5.74, 6) is 0.166. The molecule has 0 atom stereocenters. The fourth-order valence-electron chi connectivity index (χ4n) is 3.30. The molecule has 30 heavy (non-hydrogen) atoms. The molecule has 2 rings (SSSR count). The monoisotopic (exact) mass is 414 g/mol. The van der Waals surface area contributed by atoms with Crippen LogP contribution in [0.5, 0.6) is 11.5 Å². The largest absolute Gasteiger partial charge is 0.490 e. The van der Waals surface area contributed by atoms with Crippen LogP contribution in [-0.2, 0) is 14.3 Å². The SMILES string of the molecule is CCCOc1ccc(/C=C/C(=O)OCC(=O)NC2(C#N)CCCCC2)cc1OCC. The summed E-state index contributed by atoms with van der Waals surface area (Å²) in [6.07, 6.45) is 7.87. The minimum absolute atomic E-state index is 0.416. The molecule has 1 saturated carbocycles. The molecule has 0 spiro atoms. The maximum atomic E-state index is 12.1. The van der Waals surface area contributed by atoms with Crippen LogP contribution in [0.3, 0.4) is 0 Å². The fourth-order valence-corrected chi connectivity index (χ4v) is 3.30. The Hall–Kier alpha value is -3.01. The van der Waals surface area contributed by atoms with Crippen LogP contribution in [0.15, 0.2) is 24.3 Å². The van der Waals surface area contributed by atoms with Gasteiger partial charge in [-0.3, -0.25) is 4.79 Å². The summed E-state index contributed by atoms with van der Waals surface area (Å²) in [4.78, 5) is 24.1. The first-order chi connectivity index (χ1) is 14.5. The lowest BCUT2D eigenvalue weighted by molar-refractivity contribution is -0.144. The van der Waals surface area contributed by atoms with Gasteiger partial charge in [0, 0.05) is 6.08 Å². The molecule has 0 bridgehead atoms. The maximum Gasteiger partial charge on any atom is 0.331 e. The molecule has 0 unspecified atom stereocenters. The number of rotatable bonds is 10. The van der Waals surface area contributed by atoms with Crippen molar-refractivity contribution in [3.8, 4) is 17.6 Å². The van der Waals surface area contributed by atoms with Gasteiger partial charge in [0.25, 0.3) is 5.91 Å². The van der Waals surface area contributed by atoms with Gasteiger partial charge in [0.1, 0.15) is 5.54 Å². The lowest BCUT2D eigenvalue weighted by atomic mass is 9.83. The van der Waals surface area contributed by atoms with E-state index >= 15 is 0 Å². The summed E-state index contributed by atoms with van der Waals surface area (Å²) in [5, 5.41) is 12.1. The first-order valence-corrected chi connectivity index (χ1v) is 10.5. The zero-order valence-electron chi connectivity index (χ0n) is 17.7. The highest BCUT2D eigenvalue weighted by molar-refractivity contribution is 5.89. The van der Waals surface area contributed by atoms with Crippen LogP contribution in [0.1, 0.15) is 57.9 Å². The van der Waals surface area contributed by atoms with Crippen molar-refractivity contribution in [2.24, 2.45) is 0 Å². The van der Waals surface area contributed by atoms with Gasteiger partial charge in [0.05, 0.1) is 19.3 Å². The number of hydrogen-bond acceptors (Lipinski definition) is 6. The summed E-state index contributed by atoms with van der Waals surface area (Å²) in [6, 6.07) is 7.59. The summed E-state index contributed by atoms with van der Waals surface area (Å²) in [6.45, 7) is 4.59. The fraction of sp³-hybridized carbons (Fsp3) is 0.522. The van der Waals surface area contributed by atoms with E-state index in [2.05, 4.69) is 11.4 Å². The molecule has 1 aliphatic rings. The Labute approximate surface area is 178 Å². The molecule has 1 amide bonds. The molecule has 7 nitrogen and oxygen atoms in total. The van der Waals surface area contributed by atoms with E-state index in [9.17, 15) is 14.9 Å². The molecule has 7 heteroatoms. The number of carbonyl (C=O) groups excluding carboxylic acids is 2. The Balaban J connectivity index is 1.88. The highest BCUT2D eigenvalue weighted by Crippen LogP contribution is 2.29. The zero-order chi connectivity index (χ0) is 21.8. The van der Waals surface area contributed by atoms with Gasteiger partial charge in [-0.15, -0.1) is 0 Å². The molecule has 1 N–H and O–H groups in total. The highest BCUT2D eigenvalue weighted by atomic mass is 16.5. The third-order valence-electron chi connectivity index (χ3n) is 4.79. The van der Waals surface area contributed by atoms with Gasteiger partial charge >= 0.3 is 5.97 Å². The van der Waals surface area contributed by atoms with Crippen molar-refractivity contribution in [3.63, 3.8) is 0 Å². The number of hydrogen-bond donors (Lipinski definition) is 1. The third-order valence-corrected chi connectivity index (χ3v) is 4.79. The number of carbonyl (C=O) groups is 2. The van der Waals surface area contributed by atoms with Gasteiger partial charge < -0.3 is 19.5 Å². The Morgan fingerprint density at radius 2 is 1.93 bits per heavy atom. The lowest BCUT2D eigenvalue weighted by Crippen LogP contribution is -2.49. The number of nitrogens with zero attached hydrogens (tertiary/aromatic N) is 1. The van der Waals surface area contributed by atoms with Crippen molar-refractivity contribution in [1.82, 2.24) is 5.32 Å². The first kappa shape index (κ1) is 23.3. The second kappa shape index (κ2) is 11.9. The Morgan fingerprint density at radius 1 is 1.17 bits per heavy atom. The standard InChI is InChI=1S/C23H30N2O5/c1-3-14-29-19-10-8-18(15-20(19)28-4-2)9-11-22(27)30-16-21(26)25-23(17-24)12-6-5-7-13-23/h8-11,15H,3-7,12-14,16H2,1-2H3,(H,25,26)/b11-9+. The van der Waals surface area contributed by atoms with E-state index in [0.29, 0.717) is 37.6 Å². The van der Waals surface area contributed by atoms with Crippen molar-refractivity contribution in [3.05, 3.63) is 29.8 Å². The number of esters is 1. The molecule has 0 heterocycles. The van der Waals surface area contributed by atoms with Gasteiger partial charge in [-0.1, -0.05) is 32.3 Å². The number of amides is 1. The van der Waals surface area contributed by atoms with E-state index in [-0.39, 0.29) is 0 Å². The van der Waals surface area contributed by atoms with Crippen LogP contribution < -0.4 is 14.8 Å². The Bertz CT molecular complexity index is 791. The molecule has 162 valence electrons. The minimum atomic E-state index is -0.838. The van der Waals surface area contributed by atoms with Gasteiger partial charge in [-0.2, -0.15) is 5.26 Å². The second-order valence-electron chi connectivity index (χ2n) is 7.23. The van der Waals surface area contributed by atoms with E-state index in [1.165, 1.54) is 6.08 Å². The van der Waals surface area contributed by atoms with E-state index in [4.69, 9.17) is 14.2 Å². The van der Waals surface area contributed by atoms with Gasteiger partial charge in [-0.25, -0.2) is 4.79 Å². The number of ether oxygens (including phenoxy) is 3. The van der Waals surface area contributed by atoms with Crippen molar-refractivity contribution < 1.29 is 23.8 Å². The molecule has 0 aliphatic heterocycles. The summed E-state index contributed by atoms with van der Waals surface area (Å²) in [5.41, 5.74) is -0.0937. The van der Waals surface area contributed by atoms with Crippen molar-refractivity contribution in [2.45, 2.75) is 57.9 Å². The summed E-state index contributed by atoms with van der Waals surface area (Å²) in [7, 11) is 0. The number of nitrogens with one attached hydrogen (secondary N) is 1. The van der Waals surface area contributed by atoms with E-state index in [1.54, 1.807) is 18.2 Å². The minimum Gasteiger partial charge on any atom is -0.490 e. The number of nitriles is 1. The average Bonchev–Trinajstić information content (AvgIpc) is 2.76. The van der Waals surface area contributed by atoms with Crippen LogP contribution in [0.4, 0.5) is 0 Å². The smallest absolute Gasteiger partial charge is 0.331 e. The molecule has 1 aromatic carbocycles. The van der Waals surface area contributed by atoms with Crippen LogP contribution in [-0.4, -0.2) is 37.2 Å². The van der Waals surface area contributed by atoms with E-state index < -0.39 is 24.0 Å². The predicted molar refractivity (Wildman–Crippen MR) is 113 cm³/mol. The second-order valence-corrected chi connectivity index (χ2v) is 7.23. The molecule has 1 aliphatic carbocycles. The summed E-state index contributed by atoms with van der Waals surface area (Å²) < 4.78 is 16.3. The highest BCUT2D eigenvalue weighted by Gasteiger charge is 2.33. The molecule has 1 fully saturated rings. The summed E-state index contributed by atoms with van der Waals surface area (Å²) >= 11 is 0. The molecule has 1 aromatic rings.